The van der Waals surface area contributed by atoms with Gasteiger partial charge in [-0.1, -0.05) is 102 Å². The highest BCUT2D eigenvalue weighted by Crippen LogP contribution is 2.35. The van der Waals surface area contributed by atoms with Gasteiger partial charge in [-0.25, -0.2) is 13.8 Å². The molecule has 9 rings (SSSR count). The van der Waals surface area contributed by atoms with Crippen molar-refractivity contribution >= 4 is 150 Å². The number of amides is 17. The molecular weight excluding hydrogens is 1820 g/mol. The molecule has 3 fully saturated rings. The summed E-state index contributed by atoms with van der Waals surface area (Å²) in [5.74, 6) is -23.5. The number of phenolic OH excluding ortho intramolecular Hbond substituents is 1. The third kappa shape index (κ3) is 30.0. The van der Waals surface area contributed by atoms with Crippen molar-refractivity contribution in [3.05, 3.63) is 119 Å². The first-order chi connectivity index (χ1) is 65.1. The van der Waals surface area contributed by atoms with Gasteiger partial charge in [0, 0.05) is 106 Å². The summed E-state index contributed by atoms with van der Waals surface area (Å²) in [6.45, 7) is 4.85. The zero-order chi connectivity index (χ0) is 100. The van der Waals surface area contributed by atoms with E-state index >= 15 is 47.1 Å². The summed E-state index contributed by atoms with van der Waals surface area (Å²) in [4.78, 5) is 265. The third-order valence-corrected chi connectivity index (χ3v) is 26.2. The number of nitrogens with two attached hydrogens (primary N) is 3. The van der Waals surface area contributed by atoms with Crippen LogP contribution in [0.2, 0.25) is 0 Å². The van der Waals surface area contributed by atoms with E-state index in [2.05, 4.69) is 73.4 Å². The molecule has 3 aromatic carbocycles. The zero-order valence-electron chi connectivity index (χ0n) is 77.7. The standard InChI is InChI=1S/C91H125F2N23O19S2/c1-9-11-23-68-82(128)104-59(22-17-31-99-90(96)97)78(124)111-67(77(123)101-42-74(95)120)45-136-46-75(121)103-63(34-51-27-29-55(118)30-28-51)85(131)112(6)50(5)76(122)107-65(38-73(94)119)88(134)116-47-91(92,93)39-71(116)84(130)106-61(37-54-41-98-48-102-54)80(126)108-62(33-49(3)4)87(133)115-32-18-25-69(115)83(129)105-60(35-52-40-100-58-21-15-13-19-56(52)58)79(125)110-66(43-117)81(127)109-64(36-53-44-137-72-26-16-14-20-57(53)72)86(132)114(8)70(24-12-10-2)89(135)113(68)7/h13-16,19-21,26-30,40-41,44,48-50,59-71,100,117-118H,9-12,17-18,22-25,31-39,42-43,45-47H2,1-8H3,(H2,94,119)(H2,95,120)(H,98,102)(H,101,123)(H,103,121)(H,104,128)(H,105,129)(H,106,130)(H,107,122)(H,108,126)(H,109,127)(H,110,125)(H,111,124)(H4,96,97,99)/t50-,59?,60?,61?,62?,63?,64?,65-,66-,67-,68?,69?,70?,71?/m0/s1. The van der Waals surface area contributed by atoms with Crippen LogP contribution in [0.25, 0.3) is 21.0 Å². The lowest BCUT2D eigenvalue weighted by Gasteiger charge is -2.36. The molecule has 46 heteroatoms. The Morgan fingerprint density at radius 3 is 1.81 bits per heavy atom. The molecule has 0 radical (unpaired) electrons. The molecule has 6 aromatic rings. The normalized spacial score (nSPS) is 24.4. The lowest BCUT2D eigenvalue weighted by Crippen LogP contribution is -2.62. The van der Waals surface area contributed by atoms with E-state index in [0.29, 0.717) is 63.6 Å². The quantitative estimate of drug-likeness (QED) is 0.0177. The maximum atomic E-state index is 16.1. The molecule has 0 saturated carbocycles. The van der Waals surface area contributed by atoms with Crippen molar-refractivity contribution in [1.29, 1.82) is 5.41 Å². The first-order valence-electron chi connectivity index (χ1n) is 45.5. The van der Waals surface area contributed by atoms with E-state index in [1.54, 1.807) is 55.8 Å². The van der Waals surface area contributed by atoms with Gasteiger partial charge in [-0.05, 0) is 110 Å². The number of primary amides is 2. The fourth-order valence-electron chi connectivity index (χ4n) is 16.7. The smallest absolute Gasteiger partial charge is 0.267 e. The predicted molar refractivity (Wildman–Crippen MR) is 502 cm³/mol. The SMILES string of the molecule is CCCCC1C(=O)N(C)C(CCCC)C(=O)NC(CCCNC(=N)N)C(=O)N[C@H](C(=O)NCC(N)=O)CSCC(=O)NC(Cc2ccc(O)cc2)C(=O)N(C)[C@@H](C)C(=O)N[C@@H](CC(N)=O)C(=O)N2CC(F)(F)CC2C(=O)NC(Cc2cnc[nH]2)C(=O)NC(CC(C)C)C(=O)N2CCCC2C(=O)NC(Cc2c[nH]c3ccccc23)C(=O)N[C@@H](CO)C(=O)NC(Cc2csc3ccccc23)C(=O)N1C. The molecule has 10 unspecified atom stereocenters. The number of H-pyrrole nitrogens is 2. The first-order valence-corrected chi connectivity index (χ1v) is 47.5. The van der Waals surface area contributed by atoms with E-state index in [-0.39, 0.29) is 94.7 Å². The Morgan fingerprint density at radius 1 is 0.584 bits per heavy atom. The van der Waals surface area contributed by atoms with Crippen LogP contribution >= 0.6 is 23.1 Å². The van der Waals surface area contributed by atoms with Crippen molar-refractivity contribution < 1.29 is 101 Å². The zero-order valence-corrected chi connectivity index (χ0v) is 79.3. The summed E-state index contributed by atoms with van der Waals surface area (Å²) in [7, 11) is 3.82. The maximum Gasteiger partial charge on any atom is 0.267 e. The number of fused-ring (bicyclic) bond motifs is 4. The molecule has 137 heavy (non-hydrogen) atoms. The number of hydrogen-bond donors (Lipinski definition) is 19. The van der Waals surface area contributed by atoms with Crippen LogP contribution in [0.3, 0.4) is 0 Å². The van der Waals surface area contributed by atoms with Gasteiger partial charge < -0.3 is 120 Å². The molecule has 22 N–H and O–H groups in total. The lowest BCUT2D eigenvalue weighted by molar-refractivity contribution is -0.149. The highest BCUT2D eigenvalue weighted by Gasteiger charge is 2.53. The second kappa shape index (κ2) is 50.4. The number of guanidine groups is 1. The number of para-hydroxylation sites is 1. The van der Waals surface area contributed by atoms with Gasteiger partial charge in [-0.15, -0.1) is 23.1 Å². The minimum absolute atomic E-state index is 0.00201. The molecule has 0 spiro atoms. The number of alkyl halides is 2. The molecule has 14 atom stereocenters. The number of aromatic amines is 2. The Bertz CT molecular complexity index is 5320. The molecule has 0 aliphatic carbocycles. The number of thioether (sulfide) groups is 1. The second-order valence-corrected chi connectivity index (χ2v) is 37.0. The number of unbranched alkanes of at least 4 members (excludes halogenated alkanes) is 2. The summed E-state index contributed by atoms with van der Waals surface area (Å²) >= 11 is 2.06. The van der Waals surface area contributed by atoms with Gasteiger partial charge in [0.25, 0.3) is 5.92 Å². The molecular formula is C91H125F2N23O19S2. The molecule has 3 aliphatic rings. The second-order valence-electron chi connectivity index (χ2n) is 35.0. The number of rotatable bonds is 26. The van der Waals surface area contributed by atoms with Crippen molar-refractivity contribution in [2.75, 3.05) is 65.4 Å². The van der Waals surface area contributed by atoms with Gasteiger partial charge in [0.1, 0.15) is 90.3 Å². The van der Waals surface area contributed by atoms with Gasteiger partial charge in [-0.2, -0.15) is 0 Å². The summed E-state index contributed by atoms with van der Waals surface area (Å²) in [6, 6.07) is -3.58. The highest BCUT2D eigenvalue weighted by atomic mass is 32.2. The molecule has 3 saturated heterocycles. The third-order valence-electron chi connectivity index (χ3n) is 24.2. The summed E-state index contributed by atoms with van der Waals surface area (Å²) in [5, 5.41) is 60.9. The lowest BCUT2D eigenvalue weighted by atomic mass is 10.00. The van der Waals surface area contributed by atoms with Crippen LogP contribution in [-0.2, 0) is 107 Å². The number of carbonyl (C=O) groups excluding carboxylic acids is 17. The number of aliphatic hydroxyl groups is 1. The van der Waals surface area contributed by atoms with E-state index < -0.39 is 247 Å². The van der Waals surface area contributed by atoms with Gasteiger partial charge in [0.15, 0.2) is 5.96 Å². The molecule has 3 aliphatic heterocycles. The Kier molecular flexibility index (Phi) is 39.5. The summed E-state index contributed by atoms with van der Waals surface area (Å²) in [5.41, 5.74) is 18.9. The Labute approximate surface area is 798 Å². The highest BCUT2D eigenvalue weighted by molar-refractivity contribution is 8.00. The Hall–Kier alpha value is -13.4. The van der Waals surface area contributed by atoms with Crippen LogP contribution in [0.4, 0.5) is 8.78 Å². The molecule has 17 amide bonds. The van der Waals surface area contributed by atoms with E-state index in [1.807, 2.05) is 32.0 Å². The van der Waals surface area contributed by atoms with E-state index in [4.69, 9.17) is 22.6 Å². The average Bonchev–Trinajstić information content (AvgIpc) is 1.63. The Morgan fingerprint density at radius 2 is 1.16 bits per heavy atom. The monoisotopic (exact) mass is 1950 g/mol. The summed E-state index contributed by atoms with van der Waals surface area (Å²) in [6.07, 6.45) is 1.84. The number of aliphatic hydroxyl groups excluding tert-OH is 1. The van der Waals surface area contributed by atoms with E-state index in [0.717, 1.165) is 38.2 Å². The van der Waals surface area contributed by atoms with Crippen LogP contribution < -0.4 is 75.7 Å². The minimum atomic E-state index is -3.85. The van der Waals surface area contributed by atoms with Crippen molar-refractivity contribution in [3.63, 3.8) is 0 Å². The maximum absolute atomic E-state index is 16.1. The number of nitrogens with zero attached hydrogens (tertiary/aromatic N) is 6. The number of phenols is 1. The van der Waals surface area contributed by atoms with Gasteiger partial charge in [0.05, 0.1) is 38.2 Å². The van der Waals surface area contributed by atoms with Crippen LogP contribution in [0.1, 0.15) is 140 Å². The Balaban J connectivity index is 1.11. The number of aromatic nitrogens is 3. The minimum Gasteiger partial charge on any atom is -0.508 e. The van der Waals surface area contributed by atoms with E-state index in [1.165, 1.54) is 74.0 Å². The number of hydrogen-bond acceptors (Lipinski definition) is 23. The number of thiophene rings is 1. The number of nitrogens with one attached hydrogen (secondary N) is 14. The van der Waals surface area contributed by atoms with Crippen LogP contribution in [0.5, 0.6) is 5.75 Å². The first kappa shape index (κ1) is 107. The fourth-order valence-corrected chi connectivity index (χ4v) is 18.5. The summed E-state index contributed by atoms with van der Waals surface area (Å²) < 4.78 is 33.0. The molecule has 3 aromatic heterocycles. The average molecular weight is 1950 g/mol. The van der Waals surface area contributed by atoms with Crippen molar-refractivity contribution in [1.82, 2.24) is 97.9 Å². The largest absolute Gasteiger partial charge is 0.508 e. The van der Waals surface area contributed by atoms with Crippen LogP contribution in [0, 0.1) is 11.3 Å². The topological polar surface area (TPSA) is 626 Å². The fraction of sp³-hybridized carbons (Fsp3) is 0.527. The van der Waals surface area contributed by atoms with E-state index in [9.17, 15) is 53.4 Å². The predicted octanol–water partition coefficient (Wildman–Crippen LogP) is -0.921. The number of likely N-dealkylation sites (N-methyl/N-ethyl adjacent to an activating group) is 3. The van der Waals surface area contributed by atoms with Gasteiger partial charge >= 0.3 is 0 Å². The molecule has 744 valence electrons. The van der Waals surface area contributed by atoms with Gasteiger partial charge in [0.2, 0.25) is 100 Å². The number of carbonyl (C=O) groups is 17. The number of benzene rings is 3. The number of halogens is 2. The van der Waals surface area contributed by atoms with Crippen molar-refractivity contribution in [2.24, 2.45) is 23.1 Å². The number of aromatic hydroxyl groups is 1. The number of imidazole rings is 1. The molecule has 6 heterocycles. The molecule has 0 bridgehead atoms. The van der Waals surface area contributed by atoms with Gasteiger partial charge in [-0.3, -0.25) is 86.9 Å². The molecule has 42 nitrogen and oxygen atoms in total. The van der Waals surface area contributed by atoms with Crippen LogP contribution in [0.15, 0.2) is 96.9 Å². The van der Waals surface area contributed by atoms with Crippen molar-refractivity contribution in [2.45, 2.75) is 234 Å². The van der Waals surface area contributed by atoms with Crippen molar-refractivity contribution in [3.8, 4) is 5.75 Å². The van der Waals surface area contributed by atoms with Crippen LogP contribution in [-0.4, -0.2) is 312 Å².